The Kier molecular flexibility index (Phi) is 8.84. The lowest BCUT2D eigenvalue weighted by Crippen LogP contribution is -2.49. The van der Waals surface area contributed by atoms with Crippen molar-refractivity contribution in [3.8, 4) is 17.0 Å². The van der Waals surface area contributed by atoms with Crippen LogP contribution in [0.5, 0.6) is 5.75 Å². The van der Waals surface area contributed by atoms with Crippen LogP contribution in [0, 0.1) is 5.41 Å². The van der Waals surface area contributed by atoms with E-state index >= 15 is 0 Å². The molecule has 0 aliphatic carbocycles. The fourth-order valence-electron chi connectivity index (χ4n) is 5.10. The van der Waals surface area contributed by atoms with E-state index in [2.05, 4.69) is 16.7 Å². The highest BCUT2D eigenvalue weighted by atomic mass is 19.1. The van der Waals surface area contributed by atoms with Crippen molar-refractivity contribution < 1.29 is 18.7 Å². The van der Waals surface area contributed by atoms with Gasteiger partial charge in [-0.25, -0.2) is 9.37 Å². The number of halogens is 1. The van der Waals surface area contributed by atoms with E-state index in [1.54, 1.807) is 12.0 Å². The van der Waals surface area contributed by atoms with Crippen molar-refractivity contribution in [2.24, 2.45) is 11.1 Å². The van der Waals surface area contributed by atoms with Crippen molar-refractivity contribution >= 4 is 5.91 Å². The van der Waals surface area contributed by atoms with Gasteiger partial charge in [0.1, 0.15) is 23.8 Å². The Bertz CT molecular complexity index is 1200. The van der Waals surface area contributed by atoms with Crippen molar-refractivity contribution in [2.75, 3.05) is 26.8 Å². The summed E-state index contributed by atoms with van der Waals surface area (Å²) in [4.78, 5) is 20.6. The lowest BCUT2D eigenvalue weighted by atomic mass is 9.84. The van der Waals surface area contributed by atoms with Crippen LogP contribution in [0.2, 0.25) is 0 Å². The first-order valence-electron chi connectivity index (χ1n) is 13.2. The van der Waals surface area contributed by atoms with Crippen molar-refractivity contribution in [1.82, 2.24) is 14.5 Å². The molecule has 8 heteroatoms. The average Bonchev–Trinajstić information content (AvgIpc) is 3.58. The molecule has 7 nitrogen and oxygen atoms in total. The Morgan fingerprint density at radius 1 is 1.21 bits per heavy atom. The topological polar surface area (TPSA) is 82.6 Å². The van der Waals surface area contributed by atoms with Crippen LogP contribution < -0.4 is 10.5 Å². The molecule has 0 bridgehead atoms. The van der Waals surface area contributed by atoms with Gasteiger partial charge in [0.05, 0.1) is 25.4 Å². The summed E-state index contributed by atoms with van der Waals surface area (Å²) in [6.07, 6.45) is 1.47. The van der Waals surface area contributed by atoms with Crippen molar-refractivity contribution in [3.63, 3.8) is 0 Å². The minimum absolute atomic E-state index is 0.126. The Hall–Kier alpha value is -3.23. The molecule has 204 valence electrons. The van der Waals surface area contributed by atoms with Crippen molar-refractivity contribution in [3.05, 3.63) is 72.2 Å². The number of carbonyl (C=O) groups excluding carboxylic acids is 1. The molecule has 1 aromatic heterocycles. The monoisotopic (exact) mass is 522 g/mol. The normalized spacial score (nSPS) is 17.3. The lowest BCUT2D eigenvalue weighted by molar-refractivity contribution is -0.147. The molecule has 2 aromatic carbocycles. The van der Waals surface area contributed by atoms with Gasteiger partial charge in [-0.3, -0.25) is 4.79 Å². The number of hydrogen-bond acceptors (Lipinski definition) is 5. The number of hydrogen-bond donors (Lipinski definition) is 1. The summed E-state index contributed by atoms with van der Waals surface area (Å²) in [5, 5.41) is 0. The maximum Gasteiger partial charge on any atom is 0.252 e. The molecule has 3 atom stereocenters. The largest absolute Gasteiger partial charge is 0.496 e. The number of rotatable bonds is 10. The summed E-state index contributed by atoms with van der Waals surface area (Å²) < 4.78 is 28.3. The molecule has 1 fully saturated rings. The molecule has 38 heavy (non-hydrogen) atoms. The zero-order valence-corrected chi connectivity index (χ0v) is 22.8. The SMILES string of the molecule is COc1ccccc1-c1cn(Cc2ccccc2)c([C@H](N(C[C@H](F)CN)C(=O)[C@@H]2CCCO2)C(C)(C)C)n1. The number of nitrogens with two attached hydrogens (primary N) is 1. The molecule has 1 amide bonds. The van der Waals surface area contributed by atoms with Gasteiger partial charge in [-0.1, -0.05) is 63.2 Å². The Morgan fingerprint density at radius 3 is 2.55 bits per heavy atom. The second-order valence-electron chi connectivity index (χ2n) is 10.9. The third-order valence-corrected chi connectivity index (χ3v) is 6.90. The highest BCUT2D eigenvalue weighted by molar-refractivity contribution is 5.82. The van der Waals surface area contributed by atoms with E-state index in [-0.39, 0.29) is 19.0 Å². The number of ether oxygens (including phenoxy) is 2. The molecular weight excluding hydrogens is 483 g/mol. The third-order valence-electron chi connectivity index (χ3n) is 6.90. The quantitative estimate of drug-likeness (QED) is 0.405. The van der Waals surface area contributed by atoms with Gasteiger partial charge >= 0.3 is 0 Å². The predicted molar refractivity (Wildman–Crippen MR) is 147 cm³/mol. The third kappa shape index (κ3) is 6.25. The van der Waals surface area contributed by atoms with Gasteiger partial charge in [0.2, 0.25) is 0 Å². The van der Waals surface area contributed by atoms with Gasteiger partial charge in [0.15, 0.2) is 0 Å². The van der Waals surface area contributed by atoms with Gasteiger partial charge in [-0.2, -0.15) is 0 Å². The van der Waals surface area contributed by atoms with Crippen LogP contribution in [0.25, 0.3) is 11.3 Å². The zero-order valence-electron chi connectivity index (χ0n) is 22.8. The molecule has 3 aromatic rings. The second kappa shape index (κ2) is 12.1. The van der Waals surface area contributed by atoms with E-state index in [4.69, 9.17) is 20.2 Å². The van der Waals surface area contributed by atoms with Crippen LogP contribution in [0.3, 0.4) is 0 Å². The lowest BCUT2D eigenvalue weighted by Gasteiger charge is -2.41. The maximum atomic E-state index is 14.9. The molecule has 0 spiro atoms. The molecule has 1 aliphatic rings. The van der Waals surface area contributed by atoms with Crippen LogP contribution >= 0.6 is 0 Å². The minimum Gasteiger partial charge on any atom is -0.496 e. The number of aromatic nitrogens is 2. The minimum atomic E-state index is -1.36. The molecular formula is C30H39FN4O3. The smallest absolute Gasteiger partial charge is 0.252 e. The first-order chi connectivity index (χ1) is 18.2. The van der Waals surface area contributed by atoms with E-state index in [1.807, 2.05) is 69.4 Å². The molecule has 0 saturated carbocycles. The van der Waals surface area contributed by atoms with E-state index < -0.39 is 23.7 Å². The fourth-order valence-corrected chi connectivity index (χ4v) is 5.10. The molecule has 2 heterocycles. The predicted octanol–water partition coefficient (Wildman–Crippen LogP) is 5.00. The van der Waals surface area contributed by atoms with Gasteiger partial charge < -0.3 is 24.7 Å². The summed E-state index contributed by atoms with van der Waals surface area (Å²) in [6, 6.07) is 17.3. The number of para-hydroxylation sites is 1. The molecule has 0 radical (unpaired) electrons. The molecule has 1 saturated heterocycles. The van der Waals surface area contributed by atoms with Gasteiger partial charge in [-0.15, -0.1) is 0 Å². The number of alkyl halides is 1. The number of amides is 1. The van der Waals surface area contributed by atoms with E-state index in [1.165, 1.54) is 0 Å². The maximum absolute atomic E-state index is 14.9. The highest BCUT2D eigenvalue weighted by Gasteiger charge is 2.42. The standard InChI is InChI=1S/C30H39FN4O3/c1-30(2,3)27(35(19-22(31)17-32)29(36)26-15-10-16-38-26)28-33-24(23-13-8-9-14-25(23)37-4)20-34(28)18-21-11-6-5-7-12-21/h5-9,11-14,20,22,26-27H,10,15-19,32H2,1-4H3/t22-,26+,27+/m1/s1. The van der Waals surface area contributed by atoms with E-state index in [9.17, 15) is 9.18 Å². The number of nitrogens with zero attached hydrogens (tertiary/aromatic N) is 3. The summed E-state index contributed by atoms with van der Waals surface area (Å²) in [5.74, 6) is 1.17. The average molecular weight is 523 g/mol. The summed E-state index contributed by atoms with van der Waals surface area (Å²) in [6.45, 7) is 6.93. The fraction of sp³-hybridized carbons (Fsp3) is 0.467. The van der Waals surface area contributed by atoms with Crippen molar-refractivity contribution in [1.29, 1.82) is 0 Å². The first kappa shape index (κ1) is 27.8. The Morgan fingerprint density at radius 2 is 1.92 bits per heavy atom. The summed E-state index contributed by atoms with van der Waals surface area (Å²) in [5.41, 5.74) is 7.88. The number of methoxy groups -OCH3 is 1. The number of imidazole rings is 1. The zero-order chi connectivity index (χ0) is 27.3. The van der Waals surface area contributed by atoms with E-state index in [0.29, 0.717) is 31.1 Å². The molecule has 0 unspecified atom stereocenters. The number of benzene rings is 2. The van der Waals surface area contributed by atoms with Crippen LogP contribution in [0.15, 0.2) is 60.8 Å². The van der Waals surface area contributed by atoms with Crippen molar-refractivity contribution in [2.45, 2.75) is 58.5 Å². The van der Waals surface area contributed by atoms with Crippen LogP contribution in [-0.2, 0) is 16.1 Å². The summed E-state index contributed by atoms with van der Waals surface area (Å²) >= 11 is 0. The van der Waals surface area contributed by atoms with Gasteiger partial charge in [-0.05, 0) is 36.0 Å². The first-order valence-corrected chi connectivity index (χ1v) is 13.2. The van der Waals surface area contributed by atoms with Crippen LogP contribution in [0.1, 0.15) is 51.0 Å². The van der Waals surface area contributed by atoms with Gasteiger partial charge in [0, 0.05) is 31.5 Å². The van der Waals surface area contributed by atoms with E-state index in [0.717, 1.165) is 23.2 Å². The van der Waals surface area contributed by atoms with Crippen LogP contribution in [0.4, 0.5) is 4.39 Å². The molecule has 1 aliphatic heterocycles. The second-order valence-corrected chi connectivity index (χ2v) is 10.9. The molecule has 4 rings (SSSR count). The Labute approximate surface area is 224 Å². The Balaban J connectivity index is 1.87. The number of carbonyl (C=O) groups is 1. The summed E-state index contributed by atoms with van der Waals surface area (Å²) in [7, 11) is 1.63. The molecule has 2 N–H and O–H groups in total. The van der Waals surface area contributed by atoms with Gasteiger partial charge in [0.25, 0.3) is 5.91 Å². The highest BCUT2D eigenvalue weighted by Crippen LogP contribution is 2.41. The van der Waals surface area contributed by atoms with Crippen LogP contribution in [-0.4, -0.2) is 59.4 Å².